The number of ether oxygens (including phenoxy) is 1. The number of carbonyl (C=O) groups is 1. The molecule has 2 aromatic rings. The number of carboxylic acid groups (broad SMARTS) is 1. The van der Waals surface area contributed by atoms with Crippen molar-refractivity contribution in [1.82, 2.24) is 0 Å². The Labute approximate surface area is 146 Å². The zero-order valence-electron chi connectivity index (χ0n) is 13.6. The molecule has 0 unspecified atom stereocenters. The molecule has 132 valence electrons. The normalized spacial score (nSPS) is 25.4. The maximum Gasteiger partial charge on any atom is 0.312 e. The minimum atomic E-state index is -3.84. The lowest BCUT2D eigenvalue weighted by Crippen LogP contribution is -2.31. The monoisotopic (exact) mass is 361 g/mol. The van der Waals surface area contributed by atoms with Crippen molar-refractivity contribution in [3.63, 3.8) is 0 Å². The molecule has 0 aromatic heterocycles. The summed E-state index contributed by atoms with van der Waals surface area (Å²) in [5, 5.41) is 8.65. The summed E-state index contributed by atoms with van der Waals surface area (Å²) in [6.45, 7) is -0.254. The number of hydrogen-bond donors (Lipinski definition) is 2. The van der Waals surface area contributed by atoms with Gasteiger partial charge in [0.1, 0.15) is 11.2 Å². The predicted molar refractivity (Wildman–Crippen MR) is 92.3 cm³/mol. The molecular weight excluding hydrogens is 342 g/mol. The molecule has 0 spiro atoms. The van der Waals surface area contributed by atoms with Crippen molar-refractivity contribution < 1.29 is 23.1 Å². The molecule has 0 amide bonds. The molecule has 0 bridgehead atoms. The van der Waals surface area contributed by atoms with E-state index in [0.717, 1.165) is 0 Å². The smallest absolute Gasteiger partial charge is 0.312 e. The lowest BCUT2D eigenvalue weighted by molar-refractivity contribution is -0.143. The molecule has 2 aromatic carbocycles. The number of rotatable bonds is 6. The summed E-state index contributed by atoms with van der Waals surface area (Å²) in [5.74, 6) is -1.29. The van der Waals surface area contributed by atoms with Crippen LogP contribution >= 0.6 is 0 Å². The van der Waals surface area contributed by atoms with Gasteiger partial charge in [-0.15, -0.1) is 0 Å². The number of methoxy groups -OCH3 is 1. The van der Waals surface area contributed by atoms with E-state index in [2.05, 4.69) is 0 Å². The second-order valence-corrected chi connectivity index (χ2v) is 8.15. The van der Waals surface area contributed by atoms with Crippen LogP contribution in [0.2, 0.25) is 0 Å². The van der Waals surface area contributed by atoms with Crippen LogP contribution in [0, 0.1) is 5.41 Å². The third kappa shape index (κ3) is 2.60. The number of hydrogen-bond acceptors (Lipinski definition) is 5. The van der Waals surface area contributed by atoms with Crippen molar-refractivity contribution in [2.24, 2.45) is 11.1 Å². The summed E-state index contributed by atoms with van der Waals surface area (Å²) in [5.41, 5.74) is 4.85. The first kappa shape index (κ1) is 17.4. The topological polar surface area (TPSA) is 107 Å². The summed E-state index contributed by atoms with van der Waals surface area (Å²) < 4.78 is 31.2. The van der Waals surface area contributed by atoms with Crippen molar-refractivity contribution in [3.05, 3.63) is 60.2 Å². The third-order valence-corrected chi connectivity index (χ3v) is 7.16. The zero-order chi connectivity index (χ0) is 18.2. The van der Waals surface area contributed by atoms with Gasteiger partial charge in [0.2, 0.25) is 0 Å². The Morgan fingerprint density at radius 3 is 2.24 bits per heavy atom. The molecular formula is C18H19NO5S. The van der Waals surface area contributed by atoms with Crippen LogP contribution in [0.25, 0.3) is 0 Å². The third-order valence-electron chi connectivity index (χ3n) is 4.87. The maximum atomic E-state index is 13.0. The largest absolute Gasteiger partial charge is 0.497 e. The van der Waals surface area contributed by atoms with E-state index in [9.17, 15) is 18.3 Å². The van der Waals surface area contributed by atoms with Gasteiger partial charge >= 0.3 is 5.97 Å². The van der Waals surface area contributed by atoms with Crippen LogP contribution in [0.5, 0.6) is 5.75 Å². The van der Waals surface area contributed by atoms with Gasteiger partial charge in [-0.05, 0) is 29.8 Å². The van der Waals surface area contributed by atoms with E-state index in [1.165, 1.54) is 19.2 Å². The molecule has 1 fully saturated rings. The Morgan fingerprint density at radius 1 is 1.16 bits per heavy atom. The number of carboxylic acids is 1. The zero-order valence-corrected chi connectivity index (χ0v) is 14.4. The minimum absolute atomic E-state index is 0.107. The highest BCUT2D eigenvalue weighted by Crippen LogP contribution is 2.63. The molecule has 1 aliphatic rings. The molecule has 0 aliphatic heterocycles. The molecule has 3 rings (SSSR count). The van der Waals surface area contributed by atoms with Crippen LogP contribution < -0.4 is 10.5 Å². The fourth-order valence-electron chi connectivity index (χ4n) is 3.49. The average molecular weight is 361 g/mol. The number of nitrogens with two attached hydrogens (primary N) is 1. The van der Waals surface area contributed by atoms with Crippen LogP contribution in [0.1, 0.15) is 11.5 Å². The lowest BCUT2D eigenvalue weighted by Gasteiger charge is -2.10. The molecule has 6 nitrogen and oxygen atoms in total. The number of aliphatic carboxylic acids is 1. The first-order valence-electron chi connectivity index (χ1n) is 7.76. The SMILES string of the molecule is COc1ccc([C@H]2[C@@H](S(=O)(=O)c3ccccc3)[C@@]2(CN)C(=O)O)cc1. The molecule has 1 aliphatic carbocycles. The predicted octanol–water partition coefficient (Wildman–Crippen LogP) is 1.66. The fourth-order valence-corrected chi connectivity index (χ4v) is 5.89. The van der Waals surface area contributed by atoms with Gasteiger partial charge in [-0.2, -0.15) is 0 Å². The first-order chi connectivity index (χ1) is 11.9. The average Bonchev–Trinajstić information content (AvgIpc) is 3.34. The minimum Gasteiger partial charge on any atom is -0.497 e. The Balaban J connectivity index is 2.08. The highest BCUT2D eigenvalue weighted by Gasteiger charge is 2.75. The van der Waals surface area contributed by atoms with E-state index in [-0.39, 0.29) is 11.4 Å². The van der Waals surface area contributed by atoms with Crippen molar-refractivity contribution >= 4 is 15.8 Å². The molecule has 0 saturated heterocycles. The van der Waals surface area contributed by atoms with Gasteiger partial charge in [-0.1, -0.05) is 30.3 Å². The number of benzene rings is 2. The Morgan fingerprint density at radius 2 is 1.76 bits per heavy atom. The van der Waals surface area contributed by atoms with Crippen LogP contribution in [-0.2, 0) is 14.6 Å². The van der Waals surface area contributed by atoms with Gasteiger partial charge in [-0.25, -0.2) is 8.42 Å². The van der Waals surface area contributed by atoms with Crippen LogP contribution in [-0.4, -0.2) is 38.4 Å². The van der Waals surface area contributed by atoms with Gasteiger partial charge < -0.3 is 15.6 Å². The van der Waals surface area contributed by atoms with Gasteiger partial charge in [0, 0.05) is 12.5 Å². The standard InChI is InChI=1S/C18H19NO5S/c1-24-13-9-7-12(8-10-13)15-16(18(15,11-19)17(20)21)25(22,23)14-5-3-2-4-6-14/h2-10,15-16H,11,19H2,1H3,(H,20,21)/t15-,16+,18-/m0/s1. The van der Waals surface area contributed by atoms with Crippen molar-refractivity contribution in [3.8, 4) is 5.75 Å². The fraction of sp³-hybridized carbons (Fsp3) is 0.278. The van der Waals surface area contributed by atoms with E-state index in [1.807, 2.05) is 0 Å². The van der Waals surface area contributed by atoms with E-state index in [1.54, 1.807) is 42.5 Å². The summed E-state index contributed by atoms with van der Waals surface area (Å²) in [6, 6.07) is 14.6. The Kier molecular flexibility index (Phi) is 4.30. The van der Waals surface area contributed by atoms with Crippen LogP contribution in [0.3, 0.4) is 0 Å². The lowest BCUT2D eigenvalue weighted by atomic mass is 9.99. The van der Waals surface area contributed by atoms with Crippen LogP contribution in [0.15, 0.2) is 59.5 Å². The summed E-state index contributed by atoms with van der Waals surface area (Å²) in [6.07, 6.45) is 0. The second kappa shape index (κ2) is 6.16. The van der Waals surface area contributed by atoms with Gasteiger partial charge in [0.05, 0.1) is 17.3 Å². The summed E-state index contributed by atoms with van der Waals surface area (Å²) in [7, 11) is -2.31. The Bertz CT molecular complexity index is 879. The molecule has 1 saturated carbocycles. The number of sulfone groups is 1. The summed E-state index contributed by atoms with van der Waals surface area (Å²) >= 11 is 0. The molecule has 25 heavy (non-hydrogen) atoms. The second-order valence-electron chi connectivity index (χ2n) is 6.08. The van der Waals surface area contributed by atoms with Gasteiger partial charge in [-0.3, -0.25) is 4.79 Å². The molecule has 3 N–H and O–H groups in total. The molecule has 0 radical (unpaired) electrons. The highest BCUT2D eigenvalue weighted by atomic mass is 32.2. The molecule has 0 heterocycles. The van der Waals surface area contributed by atoms with Crippen molar-refractivity contribution in [2.45, 2.75) is 16.1 Å². The van der Waals surface area contributed by atoms with Crippen LogP contribution in [0.4, 0.5) is 0 Å². The quantitative estimate of drug-likeness (QED) is 0.810. The van der Waals surface area contributed by atoms with Crippen molar-refractivity contribution in [1.29, 1.82) is 0 Å². The van der Waals surface area contributed by atoms with Gasteiger partial charge in [0.15, 0.2) is 9.84 Å². The maximum absolute atomic E-state index is 13.0. The van der Waals surface area contributed by atoms with Crippen molar-refractivity contribution in [2.75, 3.05) is 13.7 Å². The van der Waals surface area contributed by atoms with E-state index < -0.39 is 32.4 Å². The van der Waals surface area contributed by atoms with E-state index in [0.29, 0.717) is 11.3 Å². The van der Waals surface area contributed by atoms with Gasteiger partial charge in [0.25, 0.3) is 0 Å². The molecule has 3 atom stereocenters. The Hall–Kier alpha value is -2.38. The first-order valence-corrected chi connectivity index (χ1v) is 9.30. The van der Waals surface area contributed by atoms with E-state index >= 15 is 0 Å². The van der Waals surface area contributed by atoms with E-state index in [4.69, 9.17) is 10.5 Å². The molecule has 7 heteroatoms. The highest BCUT2D eigenvalue weighted by molar-refractivity contribution is 7.92. The summed E-state index contributed by atoms with van der Waals surface area (Å²) in [4.78, 5) is 12.0.